The molecule has 174 valence electrons. The van der Waals surface area contributed by atoms with Gasteiger partial charge in [0, 0.05) is 24.3 Å². The molecule has 3 aromatic rings. The number of rotatable bonds is 7. The van der Waals surface area contributed by atoms with E-state index in [1.165, 1.54) is 47.8 Å². The van der Waals surface area contributed by atoms with E-state index in [1.54, 1.807) is 6.07 Å². The first-order valence-electron chi connectivity index (χ1n) is 9.96. The second kappa shape index (κ2) is 9.60. The van der Waals surface area contributed by atoms with Gasteiger partial charge in [-0.3, -0.25) is 4.79 Å². The van der Waals surface area contributed by atoms with Crippen molar-refractivity contribution in [1.82, 2.24) is 24.5 Å². The molecular weight excluding hydrogens is 455 g/mol. The van der Waals surface area contributed by atoms with Crippen molar-refractivity contribution >= 4 is 21.6 Å². The number of carbonyl (C=O) groups is 1. The topological polar surface area (TPSA) is 129 Å². The number of carbonyl (C=O) groups excluding carboxylic acids is 1. The zero-order valence-electron chi connectivity index (χ0n) is 17.6. The van der Waals surface area contributed by atoms with Gasteiger partial charge in [-0.2, -0.15) is 9.10 Å². The van der Waals surface area contributed by atoms with Crippen LogP contribution in [0.25, 0.3) is 11.4 Å². The normalized spacial score (nSPS) is 14.7. The van der Waals surface area contributed by atoms with Crippen molar-refractivity contribution < 1.29 is 27.1 Å². The van der Waals surface area contributed by atoms with Gasteiger partial charge in [-0.05, 0) is 35.5 Å². The van der Waals surface area contributed by atoms with E-state index in [0.717, 1.165) is 4.80 Å². The number of nitrogens with one attached hydrogen (secondary N) is 1. The van der Waals surface area contributed by atoms with Gasteiger partial charge < -0.3 is 14.8 Å². The van der Waals surface area contributed by atoms with E-state index in [9.17, 15) is 17.6 Å². The molecule has 2 aromatic carbocycles. The van der Waals surface area contributed by atoms with Crippen LogP contribution in [0.2, 0.25) is 0 Å². The summed E-state index contributed by atoms with van der Waals surface area (Å²) in [4.78, 5) is 13.5. The van der Waals surface area contributed by atoms with Crippen molar-refractivity contribution in [2.75, 3.05) is 38.7 Å². The van der Waals surface area contributed by atoms with E-state index in [0.29, 0.717) is 18.8 Å². The molecule has 0 saturated carbocycles. The van der Waals surface area contributed by atoms with Gasteiger partial charge in [0.15, 0.2) is 0 Å². The van der Waals surface area contributed by atoms with Crippen LogP contribution in [0.3, 0.4) is 0 Å². The Morgan fingerprint density at radius 2 is 2.00 bits per heavy atom. The number of methoxy groups -OCH3 is 1. The Morgan fingerprint density at radius 1 is 1.21 bits per heavy atom. The fourth-order valence-corrected chi connectivity index (χ4v) is 4.85. The van der Waals surface area contributed by atoms with Crippen LogP contribution in [-0.4, -0.2) is 72.3 Å². The summed E-state index contributed by atoms with van der Waals surface area (Å²) < 4.78 is 51.3. The summed E-state index contributed by atoms with van der Waals surface area (Å²) in [6, 6.07) is 10.0. The van der Waals surface area contributed by atoms with Crippen molar-refractivity contribution in [3.63, 3.8) is 0 Å². The lowest BCUT2D eigenvalue weighted by molar-refractivity contribution is -0.117. The maximum absolute atomic E-state index is 13.4. The fourth-order valence-electron chi connectivity index (χ4n) is 3.26. The predicted octanol–water partition coefficient (Wildman–Crippen LogP) is 1.15. The van der Waals surface area contributed by atoms with Crippen molar-refractivity contribution in [1.29, 1.82) is 0 Å². The first kappa shape index (κ1) is 22.8. The van der Waals surface area contributed by atoms with Crippen LogP contribution in [0.5, 0.6) is 5.75 Å². The lowest BCUT2D eigenvalue weighted by Crippen LogP contribution is -2.40. The predicted molar refractivity (Wildman–Crippen MR) is 114 cm³/mol. The average Bonchev–Trinajstić information content (AvgIpc) is 3.28. The van der Waals surface area contributed by atoms with E-state index in [4.69, 9.17) is 9.47 Å². The van der Waals surface area contributed by atoms with Gasteiger partial charge in [-0.15, -0.1) is 10.2 Å². The molecule has 1 fully saturated rings. The number of halogens is 1. The molecule has 0 radical (unpaired) electrons. The standard InChI is InChI=1S/C20H21FN6O5S/c1-31-17-6-5-16(12-18(17)33(29,30)26-7-9-32-10-8-26)22-19(28)13-27-24-20(23-25-27)14-3-2-4-15(21)11-14/h2-6,11-12H,7-10,13H2,1H3,(H,22,28). The molecule has 4 rings (SSSR count). The summed E-state index contributed by atoms with van der Waals surface area (Å²) in [6.07, 6.45) is 0. The SMILES string of the molecule is COc1ccc(NC(=O)Cn2nnc(-c3cccc(F)c3)n2)cc1S(=O)(=O)N1CCOCC1. The average molecular weight is 476 g/mol. The molecule has 0 spiro atoms. The molecule has 1 N–H and O–H groups in total. The maximum Gasteiger partial charge on any atom is 0.248 e. The molecule has 11 nitrogen and oxygen atoms in total. The van der Waals surface area contributed by atoms with E-state index >= 15 is 0 Å². The van der Waals surface area contributed by atoms with Gasteiger partial charge in [0.1, 0.15) is 23.0 Å². The monoisotopic (exact) mass is 476 g/mol. The molecule has 1 aliphatic rings. The minimum absolute atomic E-state index is 0.0584. The number of ether oxygens (including phenoxy) is 2. The first-order chi connectivity index (χ1) is 15.9. The van der Waals surface area contributed by atoms with Crippen LogP contribution in [0.4, 0.5) is 10.1 Å². The molecule has 0 aliphatic carbocycles. The van der Waals surface area contributed by atoms with Gasteiger partial charge >= 0.3 is 0 Å². The molecule has 0 bridgehead atoms. The largest absolute Gasteiger partial charge is 0.495 e. The van der Waals surface area contributed by atoms with Gasteiger partial charge in [-0.25, -0.2) is 12.8 Å². The molecule has 1 saturated heterocycles. The number of hydrogen-bond acceptors (Lipinski definition) is 8. The fraction of sp³-hybridized carbons (Fsp3) is 0.300. The van der Waals surface area contributed by atoms with Gasteiger partial charge in [0.25, 0.3) is 0 Å². The Hall–Kier alpha value is -3.42. The molecule has 1 amide bonds. The van der Waals surface area contributed by atoms with E-state index in [-0.39, 0.29) is 41.8 Å². The minimum Gasteiger partial charge on any atom is -0.495 e. The Morgan fingerprint density at radius 3 is 2.73 bits per heavy atom. The minimum atomic E-state index is -3.85. The van der Waals surface area contributed by atoms with Gasteiger partial charge in [0.05, 0.1) is 20.3 Å². The molecule has 2 heterocycles. The van der Waals surface area contributed by atoms with E-state index < -0.39 is 21.7 Å². The number of anilines is 1. The van der Waals surface area contributed by atoms with E-state index in [1.807, 2.05) is 0 Å². The van der Waals surface area contributed by atoms with Crippen molar-refractivity contribution in [3.05, 3.63) is 48.3 Å². The summed E-state index contributed by atoms with van der Waals surface area (Å²) in [6.45, 7) is 0.794. The molecule has 13 heteroatoms. The molecular formula is C20H21FN6O5S. The van der Waals surface area contributed by atoms with Crippen LogP contribution in [0.15, 0.2) is 47.4 Å². The van der Waals surface area contributed by atoms with Crippen LogP contribution in [0.1, 0.15) is 0 Å². The van der Waals surface area contributed by atoms with Gasteiger partial charge in [0.2, 0.25) is 21.8 Å². The van der Waals surface area contributed by atoms with Crippen molar-refractivity contribution in [2.24, 2.45) is 0 Å². The Kier molecular flexibility index (Phi) is 6.62. The van der Waals surface area contributed by atoms with Gasteiger partial charge in [-0.1, -0.05) is 12.1 Å². The lowest BCUT2D eigenvalue weighted by Gasteiger charge is -2.26. The quantitative estimate of drug-likeness (QED) is 0.538. The number of sulfonamides is 1. The number of benzene rings is 2. The third-order valence-corrected chi connectivity index (χ3v) is 6.78. The highest BCUT2D eigenvalue weighted by Crippen LogP contribution is 2.30. The third kappa shape index (κ3) is 5.16. The third-order valence-electron chi connectivity index (χ3n) is 4.86. The molecule has 0 atom stereocenters. The van der Waals surface area contributed by atoms with E-state index in [2.05, 4.69) is 20.7 Å². The second-order valence-electron chi connectivity index (χ2n) is 7.08. The second-order valence-corrected chi connectivity index (χ2v) is 8.99. The highest BCUT2D eigenvalue weighted by atomic mass is 32.2. The number of hydrogen-bond donors (Lipinski definition) is 1. The highest BCUT2D eigenvalue weighted by Gasteiger charge is 2.29. The summed E-state index contributed by atoms with van der Waals surface area (Å²) in [7, 11) is -2.47. The number of amides is 1. The van der Waals surface area contributed by atoms with Crippen molar-refractivity contribution in [2.45, 2.75) is 11.4 Å². The summed E-state index contributed by atoms with van der Waals surface area (Å²) in [5.74, 6) is -0.607. The maximum atomic E-state index is 13.4. The molecule has 1 aliphatic heterocycles. The summed E-state index contributed by atoms with van der Waals surface area (Å²) in [5, 5.41) is 14.3. The first-order valence-corrected chi connectivity index (χ1v) is 11.4. The zero-order chi connectivity index (χ0) is 23.4. The Bertz CT molecular complexity index is 1260. The summed E-state index contributed by atoms with van der Waals surface area (Å²) >= 11 is 0. The number of nitrogens with zero attached hydrogens (tertiary/aromatic N) is 5. The van der Waals surface area contributed by atoms with Crippen LogP contribution in [-0.2, 0) is 26.1 Å². The molecule has 0 unspecified atom stereocenters. The number of morpholine rings is 1. The molecule has 1 aromatic heterocycles. The number of aromatic nitrogens is 4. The smallest absolute Gasteiger partial charge is 0.248 e. The Labute approximate surface area is 189 Å². The van der Waals surface area contributed by atoms with Crippen LogP contribution >= 0.6 is 0 Å². The molecule has 33 heavy (non-hydrogen) atoms. The highest BCUT2D eigenvalue weighted by molar-refractivity contribution is 7.89. The summed E-state index contributed by atoms with van der Waals surface area (Å²) in [5.41, 5.74) is 0.688. The lowest BCUT2D eigenvalue weighted by atomic mass is 10.2. The van der Waals surface area contributed by atoms with Crippen LogP contribution < -0.4 is 10.1 Å². The number of tetrazole rings is 1. The van der Waals surface area contributed by atoms with Crippen molar-refractivity contribution in [3.8, 4) is 17.1 Å². The van der Waals surface area contributed by atoms with Crippen LogP contribution in [0, 0.1) is 5.82 Å². The Balaban J connectivity index is 1.49. The zero-order valence-corrected chi connectivity index (χ0v) is 18.5.